The standard InChI is InChI=1S/C15H13N3O4S.C7H7ClNO2S.Na/c1-18-13(15(20)17-12-8-4-5-9-16-12)14(19)10-6-2-3-7-11(10)23(18,21)22;1-6-2-4-7(5-3-6)12(10,11)9-8;/h2-9,19H,1H3,(H,16,17,20);2-5H,1H3;/q;-1;+1. The minimum atomic E-state index is -3.91. The molecule has 184 valence electrons. The molecular formula is C22H20ClN4NaO6S2. The van der Waals surface area contributed by atoms with Crippen molar-refractivity contribution in [2.75, 3.05) is 12.4 Å². The Labute approximate surface area is 236 Å². The van der Waals surface area contributed by atoms with Crippen molar-refractivity contribution in [2.45, 2.75) is 16.7 Å². The Morgan fingerprint density at radius 2 is 1.67 bits per heavy atom. The molecule has 3 aromatic rings. The number of halogens is 1. The monoisotopic (exact) mass is 558 g/mol. The van der Waals surface area contributed by atoms with Crippen molar-refractivity contribution < 1.29 is 56.3 Å². The van der Waals surface area contributed by atoms with Crippen LogP contribution in [0.2, 0.25) is 0 Å². The van der Waals surface area contributed by atoms with Crippen molar-refractivity contribution in [3.05, 3.63) is 94.0 Å². The minimum absolute atomic E-state index is 0. The molecule has 0 saturated heterocycles. The third kappa shape index (κ3) is 6.45. The molecule has 4 rings (SSSR count). The van der Waals surface area contributed by atoms with Gasteiger partial charge in [0.2, 0.25) is 0 Å². The number of benzene rings is 2. The number of aryl methyl sites for hydroxylation is 1. The molecule has 0 atom stereocenters. The van der Waals surface area contributed by atoms with Gasteiger partial charge in [-0.1, -0.05) is 35.9 Å². The summed E-state index contributed by atoms with van der Waals surface area (Å²) in [5.41, 5.74) is 0.731. The summed E-state index contributed by atoms with van der Waals surface area (Å²) in [5.74, 6) is -0.907. The third-order valence-corrected chi connectivity index (χ3v) is 8.26. The first-order valence-electron chi connectivity index (χ1n) is 9.88. The molecule has 0 bridgehead atoms. The van der Waals surface area contributed by atoms with Crippen LogP contribution in [0.3, 0.4) is 0 Å². The number of pyridine rings is 1. The molecule has 2 heterocycles. The van der Waals surface area contributed by atoms with E-state index in [2.05, 4.69) is 14.5 Å². The van der Waals surface area contributed by atoms with Crippen molar-refractivity contribution in [1.82, 2.24) is 9.29 Å². The van der Waals surface area contributed by atoms with Crippen molar-refractivity contribution in [1.29, 1.82) is 0 Å². The molecule has 0 unspecified atom stereocenters. The Kier molecular flexibility index (Phi) is 10.1. The Morgan fingerprint density at radius 3 is 2.25 bits per heavy atom. The van der Waals surface area contributed by atoms with Crippen molar-refractivity contribution in [3.8, 4) is 0 Å². The maximum Gasteiger partial charge on any atom is 1.00 e. The molecule has 1 aromatic heterocycles. The van der Waals surface area contributed by atoms with Crippen LogP contribution >= 0.6 is 11.8 Å². The number of sulfonamides is 2. The molecule has 0 aliphatic carbocycles. The van der Waals surface area contributed by atoms with Gasteiger partial charge in [0.05, 0.1) is 4.90 Å². The maximum absolute atomic E-state index is 12.5. The molecule has 2 aromatic carbocycles. The number of hydrogen-bond donors (Lipinski definition) is 2. The van der Waals surface area contributed by atoms with Crippen molar-refractivity contribution in [3.63, 3.8) is 0 Å². The number of hydrogen-bond acceptors (Lipinski definition) is 7. The summed E-state index contributed by atoms with van der Waals surface area (Å²) in [6.07, 6.45) is 1.49. The van der Waals surface area contributed by atoms with E-state index >= 15 is 0 Å². The second kappa shape index (κ2) is 12.2. The number of carbonyl (C=O) groups excluding carboxylic acids is 1. The molecule has 1 aliphatic heterocycles. The summed E-state index contributed by atoms with van der Waals surface area (Å²) in [6, 6.07) is 17.2. The quantitative estimate of drug-likeness (QED) is 0.450. The predicted octanol–water partition coefficient (Wildman–Crippen LogP) is 0.796. The summed E-state index contributed by atoms with van der Waals surface area (Å²) in [7, 11) is -6.31. The van der Waals surface area contributed by atoms with E-state index in [-0.39, 0.29) is 56.4 Å². The largest absolute Gasteiger partial charge is 1.00 e. The van der Waals surface area contributed by atoms with Crippen LogP contribution in [0.4, 0.5) is 5.82 Å². The van der Waals surface area contributed by atoms with Crippen LogP contribution in [-0.2, 0) is 24.8 Å². The number of aromatic nitrogens is 1. The molecule has 0 spiro atoms. The summed E-state index contributed by atoms with van der Waals surface area (Å²) in [4.78, 5) is 16.4. The summed E-state index contributed by atoms with van der Waals surface area (Å²) < 4.78 is 50.6. The number of nitrogens with zero attached hydrogens (tertiary/aromatic N) is 3. The molecule has 2 N–H and O–H groups in total. The van der Waals surface area contributed by atoms with Gasteiger partial charge in [0.15, 0.2) is 11.5 Å². The number of nitrogens with one attached hydrogen (secondary N) is 1. The Balaban J connectivity index is 0.000000299. The van der Waals surface area contributed by atoms with Crippen LogP contribution in [0.1, 0.15) is 11.1 Å². The number of aliphatic hydroxyl groups is 1. The maximum atomic E-state index is 12.5. The molecule has 10 nitrogen and oxygen atoms in total. The van der Waals surface area contributed by atoms with E-state index in [4.69, 9.17) is 11.8 Å². The van der Waals surface area contributed by atoms with E-state index < -0.39 is 31.7 Å². The van der Waals surface area contributed by atoms with E-state index in [1.54, 1.807) is 42.5 Å². The van der Waals surface area contributed by atoms with Gasteiger partial charge in [-0.05, 0) is 43.3 Å². The number of carbonyl (C=O) groups is 1. The number of aliphatic hydroxyl groups excluding tert-OH is 1. The zero-order chi connectivity index (χ0) is 25.8. The Bertz CT molecular complexity index is 1480. The third-order valence-electron chi connectivity index (χ3n) is 4.85. The van der Waals surface area contributed by atoms with Gasteiger partial charge in [0.25, 0.3) is 15.9 Å². The smallest absolute Gasteiger partial charge is 0.505 e. The van der Waals surface area contributed by atoms with Crippen molar-refractivity contribution >= 4 is 49.3 Å². The fourth-order valence-electron chi connectivity index (χ4n) is 3.04. The number of amides is 1. The normalized spacial score (nSPS) is 14.0. The van der Waals surface area contributed by atoms with Crippen LogP contribution in [0.25, 0.3) is 10.0 Å². The second-order valence-corrected chi connectivity index (χ2v) is 11.1. The van der Waals surface area contributed by atoms with Crippen LogP contribution in [0.15, 0.2) is 88.4 Å². The number of anilines is 1. The first kappa shape index (κ1) is 29.8. The molecular weight excluding hydrogens is 539 g/mol. The molecule has 0 fully saturated rings. The molecule has 0 radical (unpaired) electrons. The van der Waals surface area contributed by atoms with Gasteiger partial charge < -0.3 is 14.7 Å². The number of likely N-dealkylation sites (N-methyl/N-ethyl adjacent to an activating group) is 1. The fourth-order valence-corrected chi connectivity index (χ4v) is 5.24. The van der Waals surface area contributed by atoms with Gasteiger partial charge in [0, 0.05) is 23.7 Å². The average molecular weight is 559 g/mol. The van der Waals surface area contributed by atoms with Crippen LogP contribution < -0.4 is 34.9 Å². The Morgan fingerprint density at radius 1 is 1.06 bits per heavy atom. The molecule has 1 amide bonds. The van der Waals surface area contributed by atoms with Crippen LogP contribution in [0, 0.1) is 6.92 Å². The van der Waals surface area contributed by atoms with Gasteiger partial charge in [-0.25, -0.2) is 21.8 Å². The molecule has 0 saturated carbocycles. The first-order valence-corrected chi connectivity index (χ1v) is 13.1. The fraction of sp³-hybridized carbons (Fsp3) is 0.0909. The van der Waals surface area contributed by atoms with E-state index in [9.17, 15) is 26.7 Å². The average Bonchev–Trinajstić information content (AvgIpc) is 2.84. The van der Waals surface area contributed by atoms with Gasteiger partial charge in [-0.2, -0.15) is 0 Å². The molecule has 1 aliphatic rings. The minimum Gasteiger partial charge on any atom is -0.505 e. The SMILES string of the molecule is CN1C(C(=O)Nc2ccccn2)=C(O)c2ccccc2S1(=O)=O.Cc1ccc(S(=O)(=O)[N-]Cl)cc1.[Na+]. The number of rotatable bonds is 4. The first-order chi connectivity index (χ1) is 16.5. The summed E-state index contributed by atoms with van der Waals surface area (Å²) >= 11 is 4.90. The van der Waals surface area contributed by atoms with E-state index in [1.807, 2.05) is 6.92 Å². The summed E-state index contributed by atoms with van der Waals surface area (Å²) in [6.45, 7) is 1.87. The Hall–Kier alpha value is -2.45. The van der Waals surface area contributed by atoms with Gasteiger partial charge in [0.1, 0.15) is 15.8 Å². The zero-order valence-electron chi connectivity index (χ0n) is 19.5. The van der Waals surface area contributed by atoms with E-state index in [0.29, 0.717) is 0 Å². The molecule has 36 heavy (non-hydrogen) atoms. The van der Waals surface area contributed by atoms with Crippen molar-refractivity contribution in [2.24, 2.45) is 0 Å². The van der Waals surface area contributed by atoms with Crippen LogP contribution in [-0.4, -0.2) is 44.2 Å². The predicted molar refractivity (Wildman–Crippen MR) is 131 cm³/mol. The molecule has 14 heteroatoms. The van der Waals surface area contributed by atoms with Gasteiger partial charge in [-0.3, -0.25) is 20.9 Å². The zero-order valence-corrected chi connectivity index (χ0v) is 23.8. The van der Waals surface area contributed by atoms with E-state index in [1.165, 1.54) is 37.5 Å². The van der Waals surface area contributed by atoms with Crippen LogP contribution in [0.5, 0.6) is 0 Å². The van der Waals surface area contributed by atoms with Gasteiger partial charge >= 0.3 is 29.6 Å². The topological polar surface area (TPSA) is 148 Å². The van der Waals surface area contributed by atoms with E-state index in [0.717, 1.165) is 9.87 Å². The summed E-state index contributed by atoms with van der Waals surface area (Å²) in [5, 5.41) is 12.8. The number of fused-ring (bicyclic) bond motifs is 1. The second-order valence-electron chi connectivity index (χ2n) is 7.19. The van der Waals surface area contributed by atoms with Gasteiger partial charge in [-0.15, -0.1) is 0 Å².